The standard InChI is InChI=1S/C19H28N2O4/c1-12(2)10-15(13(3)18(23)21-25)17(22)11-16(19(24)20-4)14-8-6-5-7-9-14/h5-9,12-13,15-16,25H,10-11H2,1-4H3,(H,20,24)(H,21,23)/t13-,15+,16-/m0/s1. The fourth-order valence-electron chi connectivity index (χ4n) is 2.98. The first-order chi connectivity index (χ1) is 11.8. The zero-order valence-electron chi connectivity index (χ0n) is 15.3. The minimum absolute atomic E-state index is 0.0180. The fraction of sp³-hybridized carbons (Fsp3) is 0.526. The van der Waals surface area contributed by atoms with Crippen LogP contribution in [0, 0.1) is 17.8 Å². The van der Waals surface area contributed by atoms with Gasteiger partial charge in [-0.1, -0.05) is 51.1 Å². The summed E-state index contributed by atoms with van der Waals surface area (Å²) in [7, 11) is 1.54. The van der Waals surface area contributed by atoms with Gasteiger partial charge in [-0.2, -0.15) is 0 Å². The first-order valence-corrected chi connectivity index (χ1v) is 8.55. The maximum Gasteiger partial charge on any atom is 0.246 e. The molecule has 1 aromatic rings. The van der Waals surface area contributed by atoms with Gasteiger partial charge in [0, 0.05) is 25.3 Å². The lowest BCUT2D eigenvalue weighted by Gasteiger charge is -2.25. The van der Waals surface area contributed by atoms with Gasteiger partial charge in [0.05, 0.1) is 5.92 Å². The molecular weight excluding hydrogens is 320 g/mol. The molecule has 0 aliphatic rings. The van der Waals surface area contributed by atoms with E-state index in [0.717, 1.165) is 5.56 Å². The third kappa shape index (κ3) is 5.98. The van der Waals surface area contributed by atoms with E-state index in [0.29, 0.717) is 6.42 Å². The highest BCUT2D eigenvalue weighted by Crippen LogP contribution is 2.28. The predicted octanol–water partition coefficient (Wildman–Crippen LogP) is 2.28. The Morgan fingerprint density at radius 3 is 2.12 bits per heavy atom. The Balaban J connectivity index is 3.05. The number of benzene rings is 1. The first-order valence-electron chi connectivity index (χ1n) is 8.55. The second-order valence-corrected chi connectivity index (χ2v) is 6.75. The molecule has 3 atom stereocenters. The molecule has 138 valence electrons. The van der Waals surface area contributed by atoms with Crippen molar-refractivity contribution in [3.63, 3.8) is 0 Å². The van der Waals surface area contributed by atoms with E-state index in [9.17, 15) is 14.4 Å². The maximum atomic E-state index is 12.9. The first kappa shape index (κ1) is 20.8. The molecule has 0 spiro atoms. The average molecular weight is 348 g/mol. The Morgan fingerprint density at radius 2 is 1.64 bits per heavy atom. The quantitative estimate of drug-likeness (QED) is 0.471. The van der Waals surface area contributed by atoms with Crippen molar-refractivity contribution in [2.24, 2.45) is 17.8 Å². The molecule has 1 rings (SSSR count). The van der Waals surface area contributed by atoms with Crippen molar-refractivity contribution in [3.8, 4) is 0 Å². The van der Waals surface area contributed by atoms with Crippen LogP contribution in [-0.2, 0) is 14.4 Å². The molecule has 0 saturated carbocycles. The van der Waals surface area contributed by atoms with Gasteiger partial charge in [-0.3, -0.25) is 19.6 Å². The fourth-order valence-corrected chi connectivity index (χ4v) is 2.98. The molecule has 25 heavy (non-hydrogen) atoms. The molecule has 2 amide bonds. The lowest BCUT2D eigenvalue weighted by molar-refractivity contribution is -0.139. The molecule has 0 aliphatic heterocycles. The zero-order chi connectivity index (χ0) is 19.0. The van der Waals surface area contributed by atoms with Crippen LogP contribution in [0.15, 0.2) is 30.3 Å². The van der Waals surface area contributed by atoms with Gasteiger partial charge in [0.15, 0.2) is 0 Å². The molecule has 6 heteroatoms. The number of carbonyl (C=O) groups is 3. The van der Waals surface area contributed by atoms with Crippen molar-refractivity contribution in [1.82, 2.24) is 10.8 Å². The highest BCUT2D eigenvalue weighted by molar-refractivity contribution is 5.93. The van der Waals surface area contributed by atoms with E-state index in [1.807, 2.05) is 44.2 Å². The summed E-state index contributed by atoms with van der Waals surface area (Å²) in [6.07, 6.45) is 0.535. The molecule has 0 aromatic heterocycles. The molecule has 0 heterocycles. The van der Waals surface area contributed by atoms with Crippen LogP contribution >= 0.6 is 0 Å². The average Bonchev–Trinajstić information content (AvgIpc) is 2.62. The monoisotopic (exact) mass is 348 g/mol. The lowest BCUT2D eigenvalue weighted by atomic mass is 9.79. The van der Waals surface area contributed by atoms with Gasteiger partial charge >= 0.3 is 0 Å². The van der Waals surface area contributed by atoms with Gasteiger partial charge in [-0.25, -0.2) is 5.48 Å². The van der Waals surface area contributed by atoms with Crippen LogP contribution in [-0.4, -0.2) is 29.9 Å². The van der Waals surface area contributed by atoms with E-state index >= 15 is 0 Å². The zero-order valence-corrected chi connectivity index (χ0v) is 15.3. The number of likely N-dealkylation sites (N-methyl/N-ethyl adjacent to an activating group) is 1. The number of hydroxylamine groups is 1. The number of ketones is 1. The second kappa shape index (κ2) is 9.93. The van der Waals surface area contributed by atoms with Crippen molar-refractivity contribution >= 4 is 17.6 Å². The summed E-state index contributed by atoms with van der Waals surface area (Å²) in [6, 6.07) is 9.12. The van der Waals surface area contributed by atoms with Crippen LogP contribution in [0.1, 0.15) is 45.1 Å². The molecule has 6 nitrogen and oxygen atoms in total. The molecular formula is C19H28N2O4. The van der Waals surface area contributed by atoms with E-state index in [-0.39, 0.29) is 24.0 Å². The van der Waals surface area contributed by atoms with Crippen molar-refractivity contribution in [2.75, 3.05) is 7.05 Å². The van der Waals surface area contributed by atoms with Gasteiger partial charge in [0.2, 0.25) is 11.8 Å². The largest absolute Gasteiger partial charge is 0.359 e. The van der Waals surface area contributed by atoms with Crippen molar-refractivity contribution < 1.29 is 19.6 Å². The Labute approximate surface area is 149 Å². The second-order valence-electron chi connectivity index (χ2n) is 6.75. The van der Waals surface area contributed by atoms with Crippen molar-refractivity contribution in [1.29, 1.82) is 0 Å². The van der Waals surface area contributed by atoms with Gasteiger partial charge in [-0.15, -0.1) is 0 Å². The molecule has 3 N–H and O–H groups in total. The molecule has 1 aromatic carbocycles. The minimum Gasteiger partial charge on any atom is -0.359 e. The molecule has 0 aliphatic carbocycles. The summed E-state index contributed by atoms with van der Waals surface area (Å²) >= 11 is 0. The van der Waals surface area contributed by atoms with E-state index in [2.05, 4.69) is 5.32 Å². The van der Waals surface area contributed by atoms with E-state index in [1.165, 1.54) is 7.05 Å². The van der Waals surface area contributed by atoms with Crippen LogP contribution in [0.25, 0.3) is 0 Å². The summed E-state index contributed by atoms with van der Waals surface area (Å²) in [5.74, 6) is -2.58. The Hall–Kier alpha value is -2.21. The maximum absolute atomic E-state index is 12.9. The number of Topliss-reactive ketones (excluding diaryl/α,β-unsaturated/α-hetero) is 1. The van der Waals surface area contributed by atoms with Crippen molar-refractivity contribution in [3.05, 3.63) is 35.9 Å². The minimum atomic E-state index is -0.666. The van der Waals surface area contributed by atoms with E-state index in [1.54, 1.807) is 12.4 Å². The summed E-state index contributed by atoms with van der Waals surface area (Å²) in [6.45, 7) is 5.56. The normalized spacial score (nSPS) is 14.5. The Bertz CT molecular complexity index is 586. The Morgan fingerprint density at radius 1 is 1.04 bits per heavy atom. The topological polar surface area (TPSA) is 95.5 Å². The third-order valence-electron chi connectivity index (χ3n) is 4.44. The SMILES string of the molecule is CNC(=O)[C@@H](CC(=O)[C@H](CC(C)C)[C@H](C)C(=O)NO)c1ccccc1. The van der Waals surface area contributed by atoms with Gasteiger partial charge in [0.1, 0.15) is 5.78 Å². The summed E-state index contributed by atoms with van der Waals surface area (Å²) < 4.78 is 0. The number of rotatable bonds is 9. The summed E-state index contributed by atoms with van der Waals surface area (Å²) in [5.41, 5.74) is 2.38. The highest BCUT2D eigenvalue weighted by atomic mass is 16.5. The smallest absolute Gasteiger partial charge is 0.246 e. The molecule has 0 saturated heterocycles. The van der Waals surface area contributed by atoms with Gasteiger partial charge in [0.25, 0.3) is 0 Å². The van der Waals surface area contributed by atoms with Crippen LogP contribution in [0.5, 0.6) is 0 Å². The van der Waals surface area contributed by atoms with Crippen LogP contribution in [0.4, 0.5) is 0 Å². The third-order valence-corrected chi connectivity index (χ3v) is 4.44. The molecule has 0 radical (unpaired) electrons. The Kier molecular flexibility index (Phi) is 8.28. The van der Waals surface area contributed by atoms with E-state index in [4.69, 9.17) is 5.21 Å². The lowest BCUT2D eigenvalue weighted by Crippen LogP contribution is -2.37. The molecule has 0 fully saturated rings. The summed E-state index contributed by atoms with van der Waals surface area (Å²) in [5, 5.41) is 11.5. The van der Waals surface area contributed by atoms with Gasteiger partial charge < -0.3 is 5.32 Å². The summed E-state index contributed by atoms with van der Waals surface area (Å²) in [4.78, 5) is 37.0. The highest BCUT2D eigenvalue weighted by Gasteiger charge is 2.33. The van der Waals surface area contributed by atoms with Crippen LogP contribution < -0.4 is 10.8 Å². The number of hydrogen-bond donors (Lipinski definition) is 3. The molecule has 0 unspecified atom stereocenters. The van der Waals surface area contributed by atoms with Crippen LogP contribution in [0.2, 0.25) is 0 Å². The molecule has 0 bridgehead atoms. The van der Waals surface area contributed by atoms with Crippen LogP contribution in [0.3, 0.4) is 0 Å². The number of nitrogens with one attached hydrogen (secondary N) is 2. The van der Waals surface area contributed by atoms with E-state index < -0.39 is 23.7 Å². The number of carbonyl (C=O) groups excluding carboxylic acids is 3. The van der Waals surface area contributed by atoms with Crippen molar-refractivity contribution in [2.45, 2.75) is 39.5 Å². The number of amides is 2. The van der Waals surface area contributed by atoms with Gasteiger partial charge in [-0.05, 0) is 17.9 Å². The number of hydrogen-bond acceptors (Lipinski definition) is 4. The predicted molar refractivity (Wildman–Crippen MR) is 94.9 cm³/mol.